The number of hydrogen-bond donors (Lipinski definition) is 0. The van der Waals surface area contributed by atoms with Crippen molar-refractivity contribution >= 4 is 17.4 Å². The number of hydrogen-bond acceptors (Lipinski definition) is 2. The second-order valence-electron chi connectivity index (χ2n) is 2.41. The maximum absolute atomic E-state index is 10.7. The molecule has 0 aliphatic carbocycles. The van der Waals surface area contributed by atoms with Gasteiger partial charge in [-0.15, -0.1) is 11.6 Å². The van der Waals surface area contributed by atoms with Crippen LogP contribution < -0.4 is 0 Å². The fourth-order valence-electron chi connectivity index (χ4n) is 0.887. The van der Waals surface area contributed by atoms with E-state index >= 15 is 0 Å². The average molecular weight is 148 g/mol. The van der Waals surface area contributed by atoms with Crippen molar-refractivity contribution in [3.05, 3.63) is 0 Å². The molecule has 1 atom stereocenters. The van der Waals surface area contributed by atoms with Gasteiger partial charge in [-0.05, 0) is 7.05 Å². The lowest BCUT2D eigenvalue weighted by Crippen LogP contribution is -2.36. The van der Waals surface area contributed by atoms with Gasteiger partial charge in [-0.1, -0.05) is 0 Å². The first kappa shape index (κ1) is 7.03. The molecule has 1 heterocycles. The van der Waals surface area contributed by atoms with Crippen molar-refractivity contribution in [2.45, 2.75) is 18.3 Å². The topological polar surface area (TPSA) is 20.3 Å². The summed E-state index contributed by atoms with van der Waals surface area (Å²) in [6.45, 7) is 0.812. The van der Waals surface area contributed by atoms with Crippen molar-refractivity contribution in [2.75, 3.05) is 13.6 Å². The van der Waals surface area contributed by atoms with Crippen LogP contribution in [0.3, 0.4) is 0 Å². The molecule has 0 radical (unpaired) electrons. The van der Waals surface area contributed by atoms with Crippen molar-refractivity contribution in [2.24, 2.45) is 0 Å². The summed E-state index contributed by atoms with van der Waals surface area (Å²) in [5.74, 6) is 0.285. The summed E-state index contributed by atoms with van der Waals surface area (Å²) in [4.78, 5) is 12.7. The molecule has 52 valence electrons. The van der Waals surface area contributed by atoms with Crippen LogP contribution in [0.15, 0.2) is 0 Å². The summed E-state index contributed by atoms with van der Waals surface area (Å²) in [6, 6.07) is 0. The van der Waals surface area contributed by atoms with Gasteiger partial charge in [0.15, 0.2) is 0 Å². The number of carbonyl (C=O) groups excluding carboxylic acids is 1. The van der Waals surface area contributed by atoms with Crippen LogP contribution >= 0.6 is 11.6 Å². The van der Waals surface area contributed by atoms with Gasteiger partial charge in [-0.25, -0.2) is 0 Å². The highest BCUT2D eigenvalue weighted by Crippen LogP contribution is 2.14. The third-order valence-corrected chi connectivity index (χ3v) is 2.11. The number of nitrogens with zero attached hydrogens (tertiary/aromatic N) is 1. The lowest BCUT2D eigenvalue weighted by atomic mass is 10.1. The zero-order chi connectivity index (χ0) is 6.85. The lowest BCUT2D eigenvalue weighted by Gasteiger charge is -2.26. The molecule has 0 amide bonds. The second kappa shape index (κ2) is 2.67. The summed E-state index contributed by atoms with van der Waals surface area (Å²) in [5, 5.41) is 0. The van der Waals surface area contributed by atoms with Crippen LogP contribution in [0.4, 0.5) is 0 Å². The Bertz CT molecular complexity index is 126. The van der Waals surface area contributed by atoms with Crippen molar-refractivity contribution in [1.29, 1.82) is 0 Å². The summed E-state index contributed by atoms with van der Waals surface area (Å²) in [6.07, 6.45) is 1.18. The van der Waals surface area contributed by atoms with E-state index in [1.54, 1.807) is 0 Å². The summed E-state index contributed by atoms with van der Waals surface area (Å²) in [5.41, 5.74) is -0.0637. The van der Waals surface area contributed by atoms with Crippen molar-refractivity contribution < 1.29 is 4.79 Å². The predicted octanol–water partition coefficient (Wildman–Crippen LogP) is 0.846. The Labute approximate surface area is 59.8 Å². The van der Waals surface area contributed by atoms with Crippen LogP contribution in [0.2, 0.25) is 0 Å². The molecular weight excluding hydrogens is 138 g/mol. The number of ketones is 1. The first-order valence-corrected chi connectivity index (χ1v) is 3.50. The quantitative estimate of drug-likeness (QED) is 0.374. The molecule has 1 saturated heterocycles. The lowest BCUT2D eigenvalue weighted by molar-refractivity contribution is -0.121. The minimum Gasteiger partial charge on any atom is -0.300 e. The van der Waals surface area contributed by atoms with Gasteiger partial charge in [0.05, 0.1) is 5.50 Å². The molecule has 9 heavy (non-hydrogen) atoms. The van der Waals surface area contributed by atoms with E-state index in [-0.39, 0.29) is 11.3 Å². The van der Waals surface area contributed by atoms with Crippen LogP contribution in [0.25, 0.3) is 0 Å². The largest absolute Gasteiger partial charge is 0.300 e. The minimum atomic E-state index is -0.0637. The van der Waals surface area contributed by atoms with E-state index in [9.17, 15) is 4.79 Å². The predicted molar refractivity (Wildman–Crippen MR) is 36.5 cm³/mol. The summed E-state index contributed by atoms with van der Waals surface area (Å²) < 4.78 is 0. The monoisotopic (exact) mass is 147 g/mol. The molecule has 0 aromatic carbocycles. The highest BCUT2D eigenvalue weighted by molar-refractivity contribution is 6.21. The van der Waals surface area contributed by atoms with Gasteiger partial charge < -0.3 is 0 Å². The first-order chi connectivity index (χ1) is 4.20. The molecule has 2 nitrogen and oxygen atoms in total. The number of piperidine rings is 1. The third-order valence-electron chi connectivity index (χ3n) is 1.62. The first-order valence-electron chi connectivity index (χ1n) is 3.06. The number of likely N-dealkylation sites (tertiary alicyclic amines) is 1. The average Bonchev–Trinajstić information content (AvgIpc) is 1.80. The smallest absolute Gasteiger partial charge is 0.136 e. The Morgan fingerprint density at radius 2 is 2.44 bits per heavy atom. The minimum absolute atomic E-state index is 0.0637. The fraction of sp³-hybridized carbons (Fsp3) is 0.833. The van der Waals surface area contributed by atoms with Gasteiger partial charge in [0, 0.05) is 19.4 Å². The Balaban J connectivity index is 2.44. The Hall–Kier alpha value is -0.0800. The van der Waals surface area contributed by atoms with Crippen LogP contribution in [-0.2, 0) is 4.79 Å². The van der Waals surface area contributed by atoms with Crippen molar-refractivity contribution in [3.63, 3.8) is 0 Å². The van der Waals surface area contributed by atoms with Gasteiger partial charge in [-0.2, -0.15) is 0 Å². The SMILES string of the molecule is CN1CCC(=O)C[C@H]1Cl. The van der Waals surface area contributed by atoms with Crippen molar-refractivity contribution in [3.8, 4) is 0 Å². The molecule has 0 saturated carbocycles. The molecule has 0 unspecified atom stereocenters. The zero-order valence-corrected chi connectivity index (χ0v) is 6.19. The van der Waals surface area contributed by atoms with Crippen LogP contribution in [0.1, 0.15) is 12.8 Å². The molecule has 1 fully saturated rings. The maximum Gasteiger partial charge on any atom is 0.136 e. The number of carbonyl (C=O) groups is 1. The van der Waals surface area contributed by atoms with E-state index in [0.29, 0.717) is 12.8 Å². The molecule has 1 rings (SSSR count). The van der Waals surface area contributed by atoms with Crippen molar-refractivity contribution in [1.82, 2.24) is 4.90 Å². The summed E-state index contributed by atoms with van der Waals surface area (Å²) >= 11 is 5.77. The Morgan fingerprint density at radius 3 is 2.89 bits per heavy atom. The van der Waals surface area contributed by atoms with Crippen LogP contribution in [0.5, 0.6) is 0 Å². The van der Waals surface area contributed by atoms with E-state index in [4.69, 9.17) is 11.6 Å². The molecule has 0 N–H and O–H groups in total. The molecular formula is C6H10ClNO. The third kappa shape index (κ3) is 1.66. The van der Waals surface area contributed by atoms with E-state index in [1.165, 1.54) is 0 Å². The Kier molecular flexibility index (Phi) is 2.09. The number of Topliss-reactive ketones (excluding diaryl/α,β-unsaturated/α-hetero) is 1. The number of halogens is 1. The molecule has 0 spiro atoms. The molecule has 0 aromatic rings. The maximum atomic E-state index is 10.7. The second-order valence-corrected chi connectivity index (χ2v) is 2.91. The van der Waals surface area contributed by atoms with Gasteiger partial charge in [0.2, 0.25) is 0 Å². The molecule has 0 bridgehead atoms. The van der Waals surface area contributed by atoms with E-state index in [0.717, 1.165) is 6.54 Å². The van der Waals surface area contributed by atoms with Crippen LogP contribution in [-0.4, -0.2) is 29.8 Å². The van der Waals surface area contributed by atoms with Gasteiger partial charge in [-0.3, -0.25) is 9.69 Å². The van der Waals surface area contributed by atoms with Gasteiger partial charge >= 0.3 is 0 Å². The Morgan fingerprint density at radius 1 is 1.78 bits per heavy atom. The van der Waals surface area contributed by atoms with E-state index in [2.05, 4.69) is 0 Å². The standard InChI is InChI=1S/C6H10ClNO/c1-8-3-2-5(9)4-6(8)7/h6H,2-4H2,1H3/t6-/m0/s1. The molecule has 1 aliphatic heterocycles. The van der Waals surface area contributed by atoms with Gasteiger partial charge in [0.1, 0.15) is 5.78 Å². The highest BCUT2D eigenvalue weighted by atomic mass is 35.5. The van der Waals surface area contributed by atoms with E-state index < -0.39 is 0 Å². The number of rotatable bonds is 0. The highest BCUT2D eigenvalue weighted by Gasteiger charge is 2.21. The fourth-order valence-corrected chi connectivity index (χ4v) is 1.16. The normalized spacial score (nSPS) is 30.9. The molecule has 0 aromatic heterocycles. The molecule has 3 heteroatoms. The van der Waals surface area contributed by atoms with E-state index in [1.807, 2.05) is 11.9 Å². The summed E-state index contributed by atoms with van der Waals surface area (Å²) in [7, 11) is 1.93. The van der Waals surface area contributed by atoms with Crippen LogP contribution in [0, 0.1) is 0 Å². The van der Waals surface area contributed by atoms with Gasteiger partial charge in [0.25, 0.3) is 0 Å². The zero-order valence-electron chi connectivity index (χ0n) is 5.43. The molecule has 1 aliphatic rings. The number of alkyl halides is 1.